The molecule has 0 saturated heterocycles. The molecule has 1 aromatic carbocycles. The van der Waals surface area contributed by atoms with Gasteiger partial charge in [-0.05, 0) is 24.3 Å². The minimum absolute atomic E-state index is 0.638. The lowest BCUT2D eigenvalue weighted by Gasteiger charge is -1.95. The van der Waals surface area contributed by atoms with Gasteiger partial charge in [-0.15, -0.1) is 0 Å². The summed E-state index contributed by atoms with van der Waals surface area (Å²) in [5, 5.41) is 0.993. The number of hydrogen-bond acceptors (Lipinski definition) is 2. The Kier molecular flexibility index (Phi) is 1.32. The number of fused-ring (bicyclic) bond motifs is 1. The fourth-order valence-electron chi connectivity index (χ4n) is 1.02. The second-order valence-electron chi connectivity index (χ2n) is 2.24. The molecule has 2 radical (unpaired) electrons. The molecule has 1 aromatic heterocycles. The number of hydrogen-bond donors (Lipinski definition) is 0. The van der Waals surface area contributed by atoms with Crippen molar-refractivity contribution in [3.63, 3.8) is 0 Å². The highest BCUT2D eigenvalue weighted by molar-refractivity contribution is 5.78. The maximum Gasteiger partial charge on any atom is 0.180 e. The Balaban J connectivity index is 2.67. The van der Waals surface area contributed by atoms with Crippen molar-refractivity contribution < 1.29 is 9.15 Å². The molecule has 0 bridgehead atoms. The van der Waals surface area contributed by atoms with Gasteiger partial charge in [-0.1, -0.05) is 0 Å². The van der Waals surface area contributed by atoms with Crippen LogP contribution >= 0.6 is 0 Å². The maximum absolute atomic E-state index is 5.12. The summed E-state index contributed by atoms with van der Waals surface area (Å²) in [5.74, 6) is 0.638. The van der Waals surface area contributed by atoms with Gasteiger partial charge in [0.1, 0.15) is 11.3 Å². The van der Waals surface area contributed by atoms with Crippen LogP contribution in [0.1, 0.15) is 0 Å². The zero-order valence-corrected chi connectivity index (χ0v) is 5.78. The van der Waals surface area contributed by atoms with E-state index in [1.807, 2.05) is 18.2 Å². The molecule has 0 aliphatic heterocycles. The standard InChI is InChI=1S/C9H6O2/c1-10-8-2-3-9-7(6-8)4-5-11-9/h1-6H. The van der Waals surface area contributed by atoms with Gasteiger partial charge in [0.2, 0.25) is 0 Å². The molecular formula is C9H6O2. The first-order chi connectivity index (χ1) is 5.40. The van der Waals surface area contributed by atoms with Gasteiger partial charge < -0.3 is 9.15 Å². The van der Waals surface area contributed by atoms with Gasteiger partial charge in [-0.3, -0.25) is 0 Å². The lowest BCUT2D eigenvalue weighted by molar-refractivity contribution is 0.473. The predicted molar refractivity (Wildman–Crippen MR) is 41.1 cm³/mol. The Morgan fingerprint density at radius 3 is 3.00 bits per heavy atom. The van der Waals surface area contributed by atoms with Crippen LogP contribution in [-0.4, -0.2) is 0 Å². The van der Waals surface area contributed by atoms with Gasteiger partial charge in [-0.25, -0.2) is 0 Å². The molecule has 0 fully saturated rings. The number of furan rings is 1. The van der Waals surface area contributed by atoms with Gasteiger partial charge in [0.05, 0.1) is 6.26 Å². The van der Waals surface area contributed by atoms with E-state index in [1.165, 1.54) is 0 Å². The summed E-state index contributed by atoms with van der Waals surface area (Å²) in [6, 6.07) is 7.25. The predicted octanol–water partition coefficient (Wildman–Crippen LogP) is 2.48. The van der Waals surface area contributed by atoms with Gasteiger partial charge in [0, 0.05) is 5.39 Å². The molecule has 2 aromatic rings. The summed E-state index contributed by atoms with van der Waals surface area (Å²) in [6.07, 6.45) is 1.63. The molecule has 0 amide bonds. The molecule has 0 unspecified atom stereocenters. The van der Waals surface area contributed by atoms with Crippen LogP contribution in [0.2, 0.25) is 0 Å². The lowest BCUT2D eigenvalue weighted by atomic mass is 10.2. The van der Waals surface area contributed by atoms with Gasteiger partial charge in [0.25, 0.3) is 0 Å². The highest BCUT2D eigenvalue weighted by Crippen LogP contribution is 2.20. The number of ether oxygens (including phenoxy) is 1. The SMILES string of the molecule is [CH]Oc1ccc2occc2c1. The van der Waals surface area contributed by atoms with Crippen LogP contribution < -0.4 is 4.74 Å². The van der Waals surface area contributed by atoms with E-state index in [2.05, 4.69) is 4.74 Å². The van der Waals surface area contributed by atoms with Crippen molar-refractivity contribution in [3.05, 3.63) is 37.6 Å². The van der Waals surface area contributed by atoms with Crippen LogP contribution in [0.15, 0.2) is 34.9 Å². The monoisotopic (exact) mass is 146 g/mol. The lowest BCUT2D eigenvalue weighted by Crippen LogP contribution is -1.76. The van der Waals surface area contributed by atoms with Crippen LogP contribution in [0.25, 0.3) is 11.0 Å². The van der Waals surface area contributed by atoms with E-state index in [9.17, 15) is 0 Å². The van der Waals surface area contributed by atoms with Crippen LogP contribution in [0.5, 0.6) is 5.75 Å². The average molecular weight is 146 g/mol. The van der Waals surface area contributed by atoms with Crippen molar-refractivity contribution in [2.75, 3.05) is 0 Å². The molecule has 2 nitrogen and oxygen atoms in total. The summed E-state index contributed by atoms with van der Waals surface area (Å²) in [6.45, 7) is 0. The topological polar surface area (TPSA) is 22.4 Å². The van der Waals surface area contributed by atoms with E-state index in [0.29, 0.717) is 5.75 Å². The van der Waals surface area contributed by atoms with Crippen molar-refractivity contribution in [1.29, 1.82) is 0 Å². The number of benzene rings is 1. The van der Waals surface area contributed by atoms with Crippen molar-refractivity contribution in [3.8, 4) is 5.75 Å². The summed E-state index contributed by atoms with van der Waals surface area (Å²) < 4.78 is 9.67. The fraction of sp³-hybridized carbons (Fsp3) is 0. The van der Waals surface area contributed by atoms with E-state index in [1.54, 1.807) is 12.3 Å². The molecule has 0 aliphatic carbocycles. The second-order valence-corrected chi connectivity index (χ2v) is 2.24. The zero-order valence-electron chi connectivity index (χ0n) is 5.78. The van der Waals surface area contributed by atoms with Crippen molar-refractivity contribution in [1.82, 2.24) is 0 Å². The molecule has 0 atom stereocenters. The first-order valence-electron chi connectivity index (χ1n) is 3.24. The van der Waals surface area contributed by atoms with Crippen LogP contribution in [0, 0.1) is 7.11 Å². The minimum atomic E-state index is 0.638. The Morgan fingerprint density at radius 1 is 1.27 bits per heavy atom. The Bertz CT molecular complexity index is 362. The van der Waals surface area contributed by atoms with E-state index >= 15 is 0 Å². The van der Waals surface area contributed by atoms with Gasteiger partial charge >= 0.3 is 0 Å². The fourth-order valence-corrected chi connectivity index (χ4v) is 1.02. The van der Waals surface area contributed by atoms with E-state index < -0.39 is 0 Å². The summed E-state index contributed by atoms with van der Waals surface area (Å²) in [7, 11) is 4.98. The smallest absolute Gasteiger partial charge is 0.180 e. The van der Waals surface area contributed by atoms with Gasteiger partial charge in [-0.2, -0.15) is 0 Å². The first-order valence-corrected chi connectivity index (χ1v) is 3.24. The zero-order chi connectivity index (χ0) is 7.68. The van der Waals surface area contributed by atoms with Crippen molar-refractivity contribution >= 4 is 11.0 Å². The summed E-state index contributed by atoms with van der Waals surface area (Å²) >= 11 is 0. The molecule has 11 heavy (non-hydrogen) atoms. The molecule has 2 rings (SSSR count). The summed E-state index contributed by atoms with van der Waals surface area (Å²) in [4.78, 5) is 0. The van der Waals surface area contributed by atoms with Crippen LogP contribution in [-0.2, 0) is 0 Å². The Labute approximate surface area is 64.4 Å². The Hall–Kier alpha value is -1.44. The first kappa shape index (κ1) is 6.28. The normalized spacial score (nSPS) is 10.3. The second kappa shape index (κ2) is 2.31. The summed E-state index contributed by atoms with van der Waals surface area (Å²) in [5.41, 5.74) is 0.839. The van der Waals surface area contributed by atoms with E-state index in [-0.39, 0.29) is 0 Å². The van der Waals surface area contributed by atoms with Crippen LogP contribution in [0.3, 0.4) is 0 Å². The average Bonchev–Trinajstić information content (AvgIpc) is 2.50. The van der Waals surface area contributed by atoms with Crippen molar-refractivity contribution in [2.24, 2.45) is 0 Å². The van der Waals surface area contributed by atoms with Crippen molar-refractivity contribution in [2.45, 2.75) is 0 Å². The third-order valence-electron chi connectivity index (χ3n) is 1.56. The van der Waals surface area contributed by atoms with Gasteiger partial charge in [0.15, 0.2) is 7.11 Å². The third kappa shape index (κ3) is 0.963. The third-order valence-corrected chi connectivity index (χ3v) is 1.56. The highest BCUT2D eigenvalue weighted by Gasteiger charge is 1.96. The van der Waals surface area contributed by atoms with E-state index in [0.717, 1.165) is 11.0 Å². The largest absolute Gasteiger partial charge is 0.482 e. The number of rotatable bonds is 1. The molecule has 54 valence electrons. The molecule has 0 spiro atoms. The Morgan fingerprint density at radius 2 is 2.18 bits per heavy atom. The van der Waals surface area contributed by atoms with E-state index in [4.69, 9.17) is 11.5 Å². The maximum atomic E-state index is 5.12. The van der Waals surface area contributed by atoms with Crippen LogP contribution in [0.4, 0.5) is 0 Å². The molecule has 1 heterocycles. The minimum Gasteiger partial charge on any atom is -0.482 e. The molecular weight excluding hydrogens is 140 g/mol. The quantitative estimate of drug-likeness (QED) is 0.616. The highest BCUT2D eigenvalue weighted by atomic mass is 16.5. The molecule has 2 heteroatoms. The molecule has 0 saturated carbocycles. The molecule has 0 aliphatic rings. The molecule has 0 N–H and O–H groups in total.